The van der Waals surface area contributed by atoms with Crippen LogP contribution < -0.4 is 0 Å². The molecular weight excluding hydrogens is 168 g/mol. The largest absolute Gasteiger partial charge is 0.353 e. The molecule has 2 saturated carbocycles. The Morgan fingerprint density at radius 1 is 1.38 bits per heavy atom. The van der Waals surface area contributed by atoms with Crippen molar-refractivity contribution < 1.29 is 14.3 Å². The zero-order valence-corrected chi connectivity index (χ0v) is 8.21. The van der Waals surface area contributed by atoms with Crippen molar-refractivity contribution in [3.8, 4) is 0 Å². The van der Waals surface area contributed by atoms with E-state index in [-0.39, 0.29) is 5.92 Å². The first-order valence-corrected chi connectivity index (χ1v) is 4.86. The van der Waals surface area contributed by atoms with Crippen LogP contribution in [0.5, 0.6) is 0 Å². The SMILES string of the molecule is COC1(OC)C[C@@H]2C(=O)CCC[C@@H]21. The van der Waals surface area contributed by atoms with Gasteiger partial charge in [-0.1, -0.05) is 0 Å². The third-order valence-electron chi connectivity index (χ3n) is 3.60. The molecule has 0 saturated heterocycles. The van der Waals surface area contributed by atoms with Crippen LogP contribution in [0.2, 0.25) is 0 Å². The third kappa shape index (κ3) is 1.14. The van der Waals surface area contributed by atoms with Gasteiger partial charge < -0.3 is 9.47 Å². The van der Waals surface area contributed by atoms with Gasteiger partial charge in [-0.25, -0.2) is 0 Å². The summed E-state index contributed by atoms with van der Waals surface area (Å²) in [4.78, 5) is 11.5. The van der Waals surface area contributed by atoms with Crippen LogP contribution >= 0.6 is 0 Å². The lowest BCUT2D eigenvalue weighted by Gasteiger charge is -2.54. The van der Waals surface area contributed by atoms with Gasteiger partial charge in [0.1, 0.15) is 5.78 Å². The van der Waals surface area contributed by atoms with Gasteiger partial charge in [-0.05, 0) is 12.8 Å². The lowest BCUT2D eigenvalue weighted by atomic mass is 9.60. The minimum Gasteiger partial charge on any atom is -0.353 e. The number of carbonyl (C=O) groups excluding carboxylic acids is 1. The Hall–Kier alpha value is -0.410. The Balaban J connectivity index is 2.10. The molecular formula is C10H16O3. The molecule has 3 nitrogen and oxygen atoms in total. The van der Waals surface area contributed by atoms with E-state index in [2.05, 4.69) is 0 Å². The molecule has 0 aromatic rings. The molecule has 0 aromatic carbocycles. The van der Waals surface area contributed by atoms with Gasteiger partial charge in [0.15, 0.2) is 5.79 Å². The second kappa shape index (κ2) is 3.07. The van der Waals surface area contributed by atoms with Gasteiger partial charge in [0.25, 0.3) is 0 Å². The van der Waals surface area contributed by atoms with E-state index in [0.717, 1.165) is 25.7 Å². The van der Waals surface area contributed by atoms with Gasteiger partial charge in [-0.2, -0.15) is 0 Å². The minimum absolute atomic E-state index is 0.216. The first kappa shape index (κ1) is 9.16. The Morgan fingerprint density at radius 3 is 2.69 bits per heavy atom. The number of ketones is 1. The maximum atomic E-state index is 11.5. The zero-order chi connectivity index (χ0) is 9.47. The van der Waals surface area contributed by atoms with Crippen molar-refractivity contribution in [2.24, 2.45) is 11.8 Å². The fraction of sp³-hybridized carbons (Fsp3) is 0.900. The summed E-state index contributed by atoms with van der Waals surface area (Å²) in [7, 11) is 3.33. The van der Waals surface area contributed by atoms with E-state index in [0.29, 0.717) is 11.7 Å². The first-order chi connectivity index (χ1) is 6.23. The van der Waals surface area contributed by atoms with Crippen molar-refractivity contribution in [1.29, 1.82) is 0 Å². The second-order valence-corrected chi connectivity index (χ2v) is 4.00. The molecule has 2 fully saturated rings. The molecule has 0 amide bonds. The Bertz CT molecular complexity index is 220. The van der Waals surface area contributed by atoms with Crippen LogP contribution in [0.1, 0.15) is 25.7 Å². The summed E-state index contributed by atoms with van der Waals surface area (Å²) >= 11 is 0. The Kier molecular flexibility index (Phi) is 2.16. The molecule has 0 radical (unpaired) electrons. The summed E-state index contributed by atoms with van der Waals surface area (Å²) in [5, 5.41) is 0. The van der Waals surface area contributed by atoms with Gasteiger partial charge >= 0.3 is 0 Å². The highest BCUT2D eigenvalue weighted by molar-refractivity contribution is 5.83. The maximum absolute atomic E-state index is 11.5. The summed E-state index contributed by atoms with van der Waals surface area (Å²) in [5.41, 5.74) is 0. The molecule has 0 heterocycles. The van der Waals surface area contributed by atoms with Gasteiger partial charge in [0.05, 0.1) is 0 Å². The molecule has 3 heteroatoms. The van der Waals surface area contributed by atoms with E-state index in [4.69, 9.17) is 9.47 Å². The Morgan fingerprint density at radius 2 is 2.08 bits per heavy atom. The van der Waals surface area contributed by atoms with Crippen LogP contribution in [-0.4, -0.2) is 25.8 Å². The van der Waals surface area contributed by atoms with Crippen molar-refractivity contribution in [2.45, 2.75) is 31.5 Å². The van der Waals surface area contributed by atoms with E-state index in [9.17, 15) is 4.79 Å². The molecule has 0 aliphatic heterocycles. The molecule has 0 bridgehead atoms. The number of fused-ring (bicyclic) bond motifs is 1. The summed E-state index contributed by atoms with van der Waals surface area (Å²) in [6, 6.07) is 0. The molecule has 74 valence electrons. The lowest BCUT2D eigenvalue weighted by Crippen LogP contribution is -2.60. The number of methoxy groups -OCH3 is 2. The summed E-state index contributed by atoms with van der Waals surface area (Å²) in [6.45, 7) is 0. The highest BCUT2D eigenvalue weighted by atomic mass is 16.7. The standard InChI is InChI=1S/C10H16O3/c1-12-10(13-2)6-7-8(10)4-3-5-9(7)11/h7-8H,3-6H2,1-2H3/t7-,8-/m0/s1. The number of carbonyl (C=O) groups is 1. The maximum Gasteiger partial charge on any atom is 0.171 e. The molecule has 13 heavy (non-hydrogen) atoms. The fourth-order valence-corrected chi connectivity index (χ4v) is 2.74. The monoisotopic (exact) mass is 184 g/mol. The van der Waals surface area contributed by atoms with E-state index >= 15 is 0 Å². The van der Waals surface area contributed by atoms with E-state index in [1.165, 1.54) is 0 Å². The van der Waals surface area contributed by atoms with E-state index < -0.39 is 5.79 Å². The topological polar surface area (TPSA) is 35.5 Å². The van der Waals surface area contributed by atoms with Gasteiger partial charge in [0.2, 0.25) is 0 Å². The average molecular weight is 184 g/mol. The van der Waals surface area contributed by atoms with Crippen LogP contribution in [0, 0.1) is 11.8 Å². The normalized spacial score (nSPS) is 36.6. The summed E-state index contributed by atoms with van der Waals surface area (Å²) in [6.07, 6.45) is 3.57. The highest BCUT2D eigenvalue weighted by Gasteiger charge is 2.58. The first-order valence-electron chi connectivity index (χ1n) is 4.86. The number of hydrogen-bond acceptors (Lipinski definition) is 3. The molecule has 0 aromatic heterocycles. The van der Waals surface area contributed by atoms with Crippen molar-refractivity contribution >= 4 is 5.78 Å². The van der Waals surface area contributed by atoms with Crippen LogP contribution in [0.4, 0.5) is 0 Å². The van der Waals surface area contributed by atoms with Crippen molar-refractivity contribution in [2.75, 3.05) is 14.2 Å². The Labute approximate surface area is 78.4 Å². The number of hydrogen-bond donors (Lipinski definition) is 0. The molecule has 2 aliphatic carbocycles. The van der Waals surface area contributed by atoms with Gasteiger partial charge in [-0.3, -0.25) is 4.79 Å². The predicted octanol–water partition coefficient (Wildman–Crippen LogP) is 1.36. The summed E-state index contributed by atoms with van der Waals surface area (Å²) in [5.74, 6) is 0.485. The molecule has 0 unspecified atom stereocenters. The van der Waals surface area contributed by atoms with Gasteiger partial charge in [-0.15, -0.1) is 0 Å². The third-order valence-corrected chi connectivity index (χ3v) is 3.60. The fourth-order valence-electron chi connectivity index (χ4n) is 2.74. The molecule has 2 aliphatic rings. The highest BCUT2D eigenvalue weighted by Crippen LogP contribution is 2.52. The lowest BCUT2D eigenvalue weighted by molar-refractivity contribution is -0.309. The minimum atomic E-state index is -0.444. The van der Waals surface area contributed by atoms with Gasteiger partial charge in [0, 0.05) is 38.9 Å². The number of Topliss-reactive ketones (excluding diaryl/α,β-unsaturated/α-hetero) is 1. The quantitative estimate of drug-likeness (QED) is 0.608. The average Bonchev–Trinajstić information content (AvgIpc) is 2.11. The number of rotatable bonds is 2. The van der Waals surface area contributed by atoms with Crippen LogP contribution in [0.15, 0.2) is 0 Å². The smallest absolute Gasteiger partial charge is 0.171 e. The van der Waals surface area contributed by atoms with Crippen molar-refractivity contribution in [1.82, 2.24) is 0 Å². The van der Waals surface area contributed by atoms with Crippen LogP contribution in [-0.2, 0) is 14.3 Å². The molecule has 2 rings (SSSR count). The van der Waals surface area contributed by atoms with Crippen LogP contribution in [0.3, 0.4) is 0 Å². The van der Waals surface area contributed by atoms with Crippen molar-refractivity contribution in [3.63, 3.8) is 0 Å². The van der Waals surface area contributed by atoms with E-state index in [1.807, 2.05) is 0 Å². The zero-order valence-electron chi connectivity index (χ0n) is 8.21. The van der Waals surface area contributed by atoms with E-state index in [1.54, 1.807) is 14.2 Å². The predicted molar refractivity (Wildman–Crippen MR) is 47.2 cm³/mol. The van der Waals surface area contributed by atoms with Crippen molar-refractivity contribution in [3.05, 3.63) is 0 Å². The second-order valence-electron chi connectivity index (χ2n) is 4.00. The molecule has 0 spiro atoms. The van der Waals surface area contributed by atoms with Crippen LogP contribution in [0.25, 0.3) is 0 Å². The molecule has 2 atom stereocenters. The summed E-state index contributed by atoms with van der Waals surface area (Å²) < 4.78 is 10.7. The number of ether oxygens (including phenoxy) is 2. The molecule has 0 N–H and O–H groups in total.